The van der Waals surface area contributed by atoms with Crippen molar-refractivity contribution >= 4 is 39.3 Å². The number of nitrogens with zero attached hydrogens (tertiary/aromatic N) is 3. The summed E-state index contributed by atoms with van der Waals surface area (Å²) in [5.41, 5.74) is 3.49. The molecule has 1 aliphatic rings. The van der Waals surface area contributed by atoms with Gasteiger partial charge in [-0.05, 0) is 77.3 Å². The van der Waals surface area contributed by atoms with Gasteiger partial charge in [-0.25, -0.2) is 9.79 Å². The topological polar surface area (TPSA) is 103 Å². The lowest BCUT2D eigenvalue weighted by molar-refractivity contribution is -0.139. The quantitative estimate of drug-likeness (QED) is 0.250. The Morgan fingerprint density at radius 3 is 2.60 bits per heavy atom. The molecule has 0 radical (unpaired) electrons. The Labute approximate surface area is 254 Å². The van der Waals surface area contributed by atoms with Crippen LogP contribution in [0.15, 0.2) is 92.3 Å². The van der Waals surface area contributed by atoms with Crippen molar-refractivity contribution in [2.45, 2.75) is 26.5 Å². The number of carbonyl (C=O) groups is 1. The molecule has 2 heterocycles. The lowest BCUT2D eigenvalue weighted by atomic mass is 9.95. The maximum Gasteiger partial charge on any atom is 0.338 e. The molecule has 0 spiro atoms. The highest BCUT2D eigenvalue weighted by molar-refractivity contribution is 9.10. The van der Waals surface area contributed by atoms with Gasteiger partial charge in [-0.2, -0.15) is 5.26 Å². The van der Waals surface area contributed by atoms with Gasteiger partial charge in [0.05, 0.1) is 45.6 Å². The van der Waals surface area contributed by atoms with E-state index in [1.54, 1.807) is 45.2 Å². The molecule has 42 heavy (non-hydrogen) atoms. The molecule has 0 saturated heterocycles. The molecule has 0 fully saturated rings. The Morgan fingerprint density at radius 1 is 1.14 bits per heavy atom. The third kappa shape index (κ3) is 5.79. The average Bonchev–Trinajstić information content (AvgIpc) is 3.30. The van der Waals surface area contributed by atoms with Crippen molar-refractivity contribution in [1.82, 2.24) is 4.57 Å². The summed E-state index contributed by atoms with van der Waals surface area (Å²) in [4.78, 5) is 32.1. The largest absolute Gasteiger partial charge is 0.496 e. The van der Waals surface area contributed by atoms with Crippen LogP contribution in [-0.4, -0.2) is 24.3 Å². The van der Waals surface area contributed by atoms with Crippen LogP contribution < -0.4 is 24.4 Å². The van der Waals surface area contributed by atoms with E-state index in [4.69, 9.17) is 19.5 Å². The number of hydrogen-bond acceptors (Lipinski definition) is 8. The molecule has 3 aromatic carbocycles. The summed E-state index contributed by atoms with van der Waals surface area (Å²) in [6, 6.07) is 21.4. The normalized spacial score (nSPS) is 14.5. The molecule has 0 bridgehead atoms. The zero-order valence-electron chi connectivity index (χ0n) is 23.1. The Bertz CT molecular complexity index is 1920. The number of esters is 1. The molecule has 1 atom stereocenters. The van der Waals surface area contributed by atoms with E-state index >= 15 is 0 Å². The number of benzene rings is 3. The first-order chi connectivity index (χ1) is 20.3. The molecule has 4 aromatic rings. The Kier molecular flexibility index (Phi) is 8.71. The second-order valence-corrected chi connectivity index (χ2v) is 11.2. The van der Waals surface area contributed by atoms with Crippen LogP contribution in [0.5, 0.6) is 11.5 Å². The van der Waals surface area contributed by atoms with Crippen molar-refractivity contribution in [2.75, 3.05) is 13.7 Å². The van der Waals surface area contributed by atoms with Gasteiger partial charge in [0, 0.05) is 5.56 Å². The van der Waals surface area contributed by atoms with Crippen LogP contribution in [0.1, 0.15) is 42.1 Å². The number of aromatic nitrogens is 1. The molecule has 10 heteroatoms. The molecule has 1 aliphatic heterocycles. The molecule has 8 nitrogen and oxygen atoms in total. The lowest BCUT2D eigenvalue weighted by Crippen LogP contribution is -2.40. The molecular formula is C32H26BrN3O5S. The van der Waals surface area contributed by atoms with Crippen LogP contribution in [0.2, 0.25) is 0 Å². The number of fused-ring (bicyclic) bond motifs is 1. The molecule has 0 amide bonds. The molecular weight excluding hydrogens is 618 g/mol. The van der Waals surface area contributed by atoms with Crippen LogP contribution >= 0.6 is 27.3 Å². The average molecular weight is 645 g/mol. The van der Waals surface area contributed by atoms with Crippen LogP contribution in [0.25, 0.3) is 6.08 Å². The molecule has 0 unspecified atom stereocenters. The Hall–Kier alpha value is -4.46. The summed E-state index contributed by atoms with van der Waals surface area (Å²) >= 11 is 4.83. The summed E-state index contributed by atoms with van der Waals surface area (Å²) in [5, 5.41) is 8.98. The third-order valence-electron chi connectivity index (χ3n) is 6.68. The van der Waals surface area contributed by atoms with Gasteiger partial charge < -0.3 is 14.2 Å². The van der Waals surface area contributed by atoms with Gasteiger partial charge in [-0.3, -0.25) is 9.36 Å². The van der Waals surface area contributed by atoms with E-state index in [2.05, 4.69) is 27.0 Å². The third-order valence-corrected chi connectivity index (χ3v) is 8.28. The van der Waals surface area contributed by atoms with Gasteiger partial charge in [0.25, 0.3) is 5.56 Å². The zero-order chi connectivity index (χ0) is 29.8. The highest BCUT2D eigenvalue weighted by Gasteiger charge is 2.34. The van der Waals surface area contributed by atoms with Crippen molar-refractivity contribution in [3.63, 3.8) is 0 Å². The summed E-state index contributed by atoms with van der Waals surface area (Å²) < 4.78 is 19.7. The van der Waals surface area contributed by atoms with E-state index in [0.717, 1.165) is 15.6 Å². The fraction of sp³-hybridized carbons (Fsp3) is 0.188. The van der Waals surface area contributed by atoms with Crippen molar-refractivity contribution in [2.24, 2.45) is 4.99 Å². The number of allylic oxidation sites excluding steroid dienone is 1. The fourth-order valence-electron chi connectivity index (χ4n) is 4.69. The second kappa shape index (κ2) is 12.6. The van der Waals surface area contributed by atoms with Crippen LogP contribution in [0.4, 0.5) is 0 Å². The van der Waals surface area contributed by atoms with E-state index in [0.29, 0.717) is 49.8 Å². The Morgan fingerprint density at radius 2 is 1.90 bits per heavy atom. The van der Waals surface area contributed by atoms with Crippen LogP contribution in [-0.2, 0) is 16.1 Å². The molecule has 0 saturated carbocycles. The number of hydrogen-bond donors (Lipinski definition) is 0. The predicted molar refractivity (Wildman–Crippen MR) is 163 cm³/mol. The SMILES string of the molecule is CCOC(=O)C1=C(C)N=c2s/c(=C\c3ccc(OCc4ccc(C#N)cc4)c(Br)c3)c(=O)n2[C@H]1c1ccccc1OC. The number of methoxy groups -OCH3 is 1. The minimum Gasteiger partial charge on any atom is -0.496 e. The summed E-state index contributed by atoms with van der Waals surface area (Å²) in [5.74, 6) is 0.669. The van der Waals surface area contributed by atoms with Crippen LogP contribution in [0, 0.1) is 11.3 Å². The minimum atomic E-state index is -0.761. The first-order valence-electron chi connectivity index (χ1n) is 13.1. The second-order valence-electron chi connectivity index (χ2n) is 9.33. The van der Waals surface area contributed by atoms with E-state index in [-0.39, 0.29) is 12.2 Å². The minimum absolute atomic E-state index is 0.195. The van der Waals surface area contributed by atoms with E-state index in [9.17, 15) is 9.59 Å². The molecule has 0 N–H and O–H groups in total. The number of thiazole rings is 1. The maximum absolute atomic E-state index is 13.9. The fourth-order valence-corrected chi connectivity index (χ4v) is 6.25. The van der Waals surface area contributed by atoms with Crippen molar-refractivity contribution < 1.29 is 19.0 Å². The highest BCUT2D eigenvalue weighted by Crippen LogP contribution is 2.35. The predicted octanol–water partition coefficient (Wildman–Crippen LogP) is 5.02. The highest BCUT2D eigenvalue weighted by atomic mass is 79.9. The van der Waals surface area contributed by atoms with Gasteiger partial charge in [0.1, 0.15) is 24.1 Å². The van der Waals surface area contributed by atoms with Crippen molar-refractivity contribution in [1.29, 1.82) is 5.26 Å². The number of halogens is 1. The number of ether oxygens (including phenoxy) is 3. The molecule has 1 aromatic heterocycles. The summed E-state index contributed by atoms with van der Waals surface area (Å²) in [6.07, 6.45) is 1.79. The van der Waals surface area contributed by atoms with Gasteiger partial charge in [0.15, 0.2) is 4.80 Å². The number of carbonyl (C=O) groups excluding carboxylic acids is 1. The summed E-state index contributed by atoms with van der Waals surface area (Å²) in [6.45, 7) is 4.02. The number of para-hydroxylation sites is 1. The van der Waals surface area contributed by atoms with Gasteiger partial charge in [-0.15, -0.1) is 0 Å². The smallest absolute Gasteiger partial charge is 0.338 e. The van der Waals surface area contributed by atoms with Gasteiger partial charge in [-0.1, -0.05) is 47.7 Å². The van der Waals surface area contributed by atoms with Gasteiger partial charge >= 0.3 is 5.97 Å². The monoisotopic (exact) mass is 643 g/mol. The number of nitriles is 1. The van der Waals surface area contributed by atoms with Crippen molar-refractivity contribution in [3.8, 4) is 17.6 Å². The zero-order valence-corrected chi connectivity index (χ0v) is 25.5. The van der Waals surface area contributed by atoms with Crippen LogP contribution in [0.3, 0.4) is 0 Å². The van der Waals surface area contributed by atoms with E-state index in [1.807, 2.05) is 48.5 Å². The van der Waals surface area contributed by atoms with Gasteiger partial charge in [0.2, 0.25) is 0 Å². The molecule has 0 aliphatic carbocycles. The number of rotatable bonds is 8. The van der Waals surface area contributed by atoms with Crippen molar-refractivity contribution in [3.05, 3.63) is 124 Å². The van der Waals surface area contributed by atoms with E-state index in [1.165, 1.54) is 15.9 Å². The summed E-state index contributed by atoms with van der Waals surface area (Å²) in [7, 11) is 1.55. The maximum atomic E-state index is 13.9. The Balaban J connectivity index is 1.52. The van der Waals surface area contributed by atoms with E-state index < -0.39 is 12.0 Å². The lowest BCUT2D eigenvalue weighted by Gasteiger charge is -2.25. The standard InChI is InChI=1S/C32H26BrN3O5S/c1-4-40-31(38)28-19(2)35-32-36(29(28)23-7-5-6-8-25(23)39-3)30(37)27(42-32)16-22-13-14-26(24(33)15-22)41-18-21-11-9-20(17-34)10-12-21/h5-16,29H,4,18H2,1-3H3/b27-16-/t29-/m0/s1. The molecule has 212 valence electrons. The first kappa shape index (κ1) is 29.0. The molecule has 5 rings (SSSR count). The first-order valence-corrected chi connectivity index (χ1v) is 14.7.